The standard InChI is InChI=1S/C26H31N3O2S/c1-4-27-26(28-18-21-15-16-25(20(2)17-21)32(3,30)31)29-19-24(22-11-7-5-8-12-22)23-13-9-6-10-14-23/h5-17,24H,4,18-19H2,1-3H3,(H2,27,28,29). The van der Waals surface area contributed by atoms with Crippen LogP contribution in [0.4, 0.5) is 0 Å². The summed E-state index contributed by atoms with van der Waals surface area (Å²) in [6.45, 7) is 5.76. The highest BCUT2D eigenvalue weighted by molar-refractivity contribution is 7.90. The van der Waals surface area contributed by atoms with Crippen LogP contribution < -0.4 is 10.6 Å². The van der Waals surface area contributed by atoms with Gasteiger partial charge in [-0.25, -0.2) is 13.4 Å². The van der Waals surface area contributed by atoms with Crippen molar-refractivity contribution < 1.29 is 8.42 Å². The summed E-state index contributed by atoms with van der Waals surface area (Å²) in [7, 11) is -3.22. The van der Waals surface area contributed by atoms with E-state index in [1.807, 2.05) is 38.1 Å². The van der Waals surface area contributed by atoms with Crippen LogP contribution in [-0.2, 0) is 16.4 Å². The van der Waals surface area contributed by atoms with E-state index in [-0.39, 0.29) is 5.92 Å². The van der Waals surface area contributed by atoms with Gasteiger partial charge in [-0.3, -0.25) is 0 Å². The Bertz CT molecular complexity index is 1100. The second-order valence-corrected chi connectivity index (χ2v) is 9.81. The Kier molecular flexibility index (Phi) is 8.06. The summed E-state index contributed by atoms with van der Waals surface area (Å²) in [6, 6.07) is 26.3. The van der Waals surface area contributed by atoms with Gasteiger partial charge in [0, 0.05) is 25.3 Å². The van der Waals surface area contributed by atoms with Crippen LogP contribution in [0.3, 0.4) is 0 Å². The number of nitrogens with zero attached hydrogens (tertiary/aromatic N) is 1. The monoisotopic (exact) mass is 449 g/mol. The summed E-state index contributed by atoms with van der Waals surface area (Å²) in [6.07, 6.45) is 1.23. The van der Waals surface area contributed by atoms with Gasteiger partial charge < -0.3 is 10.6 Å². The van der Waals surface area contributed by atoms with Crippen molar-refractivity contribution in [1.82, 2.24) is 10.6 Å². The lowest BCUT2D eigenvalue weighted by Gasteiger charge is -2.20. The smallest absolute Gasteiger partial charge is 0.191 e. The van der Waals surface area contributed by atoms with Crippen molar-refractivity contribution in [1.29, 1.82) is 0 Å². The van der Waals surface area contributed by atoms with Crippen molar-refractivity contribution in [3.63, 3.8) is 0 Å². The fourth-order valence-electron chi connectivity index (χ4n) is 3.74. The van der Waals surface area contributed by atoms with Gasteiger partial charge in [0.25, 0.3) is 0 Å². The molecule has 2 N–H and O–H groups in total. The molecule has 6 heteroatoms. The van der Waals surface area contributed by atoms with Gasteiger partial charge in [-0.2, -0.15) is 0 Å². The molecule has 0 atom stereocenters. The Labute approximate surface area is 191 Å². The zero-order chi connectivity index (χ0) is 23.0. The number of sulfone groups is 1. The van der Waals surface area contributed by atoms with Crippen molar-refractivity contribution >= 4 is 15.8 Å². The fourth-order valence-corrected chi connectivity index (χ4v) is 4.69. The highest BCUT2D eigenvalue weighted by Gasteiger charge is 2.15. The molecule has 0 spiro atoms. The Morgan fingerprint density at radius 2 is 1.50 bits per heavy atom. The number of guanidine groups is 1. The molecule has 0 aliphatic carbocycles. The van der Waals surface area contributed by atoms with Gasteiger partial charge in [-0.05, 0) is 42.2 Å². The Morgan fingerprint density at radius 3 is 2.00 bits per heavy atom. The van der Waals surface area contributed by atoms with Crippen LogP contribution in [0.5, 0.6) is 0 Å². The first-order chi connectivity index (χ1) is 15.4. The van der Waals surface area contributed by atoms with E-state index in [4.69, 9.17) is 4.99 Å². The first-order valence-corrected chi connectivity index (χ1v) is 12.7. The first-order valence-electron chi connectivity index (χ1n) is 10.8. The van der Waals surface area contributed by atoms with Crippen LogP contribution in [0.15, 0.2) is 88.8 Å². The van der Waals surface area contributed by atoms with E-state index in [9.17, 15) is 8.42 Å². The van der Waals surface area contributed by atoms with Gasteiger partial charge in [0.05, 0.1) is 11.4 Å². The highest BCUT2D eigenvalue weighted by atomic mass is 32.2. The van der Waals surface area contributed by atoms with E-state index in [0.717, 1.165) is 23.6 Å². The molecule has 0 saturated carbocycles. The molecule has 3 aromatic carbocycles. The Hall–Kier alpha value is -3.12. The van der Waals surface area contributed by atoms with E-state index in [1.54, 1.807) is 6.07 Å². The SMILES string of the molecule is CCNC(=NCc1ccc(S(C)(=O)=O)c(C)c1)NCC(c1ccccc1)c1ccccc1. The third kappa shape index (κ3) is 6.44. The van der Waals surface area contributed by atoms with Gasteiger partial charge in [-0.1, -0.05) is 72.8 Å². The Balaban J connectivity index is 1.76. The van der Waals surface area contributed by atoms with E-state index < -0.39 is 9.84 Å². The van der Waals surface area contributed by atoms with Crippen molar-refractivity contribution in [2.45, 2.75) is 31.2 Å². The predicted octanol–water partition coefficient (Wildman–Crippen LogP) is 4.29. The normalized spacial score (nSPS) is 12.1. The van der Waals surface area contributed by atoms with E-state index in [1.165, 1.54) is 17.4 Å². The van der Waals surface area contributed by atoms with E-state index in [0.29, 0.717) is 18.0 Å². The zero-order valence-electron chi connectivity index (χ0n) is 18.9. The molecule has 0 radical (unpaired) electrons. The van der Waals surface area contributed by atoms with Crippen LogP contribution in [0.1, 0.15) is 35.1 Å². The molecule has 168 valence electrons. The molecule has 3 aromatic rings. The molecular weight excluding hydrogens is 418 g/mol. The van der Waals surface area contributed by atoms with Gasteiger partial charge in [0.15, 0.2) is 15.8 Å². The molecular formula is C26H31N3O2S. The van der Waals surface area contributed by atoms with Gasteiger partial charge in [-0.15, -0.1) is 0 Å². The number of rotatable bonds is 8. The minimum atomic E-state index is -3.22. The van der Waals surface area contributed by atoms with E-state index >= 15 is 0 Å². The average molecular weight is 450 g/mol. The molecule has 0 saturated heterocycles. The molecule has 0 heterocycles. The average Bonchev–Trinajstić information content (AvgIpc) is 2.78. The van der Waals surface area contributed by atoms with Crippen LogP contribution in [-0.4, -0.2) is 33.7 Å². The molecule has 0 unspecified atom stereocenters. The number of benzene rings is 3. The van der Waals surface area contributed by atoms with Gasteiger partial charge in [0.1, 0.15) is 0 Å². The van der Waals surface area contributed by atoms with Crippen molar-refractivity contribution in [3.05, 3.63) is 101 Å². The van der Waals surface area contributed by atoms with Crippen LogP contribution >= 0.6 is 0 Å². The summed E-state index contributed by atoms with van der Waals surface area (Å²) in [5, 5.41) is 6.79. The summed E-state index contributed by atoms with van der Waals surface area (Å²) in [5.41, 5.74) is 4.20. The fraction of sp³-hybridized carbons (Fsp3) is 0.269. The molecule has 0 amide bonds. The molecule has 3 rings (SSSR count). The number of aryl methyl sites for hydroxylation is 1. The minimum absolute atomic E-state index is 0.192. The minimum Gasteiger partial charge on any atom is -0.357 e. The number of hydrogen-bond donors (Lipinski definition) is 2. The summed E-state index contributed by atoms with van der Waals surface area (Å²) in [4.78, 5) is 5.09. The zero-order valence-corrected chi connectivity index (χ0v) is 19.7. The maximum Gasteiger partial charge on any atom is 0.191 e. The molecule has 5 nitrogen and oxygen atoms in total. The van der Waals surface area contributed by atoms with Crippen LogP contribution in [0.25, 0.3) is 0 Å². The Morgan fingerprint density at radius 1 is 0.906 bits per heavy atom. The largest absolute Gasteiger partial charge is 0.357 e. The molecule has 0 bridgehead atoms. The second kappa shape index (κ2) is 11.0. The van der Waals surface area contributed by atoms with Gasteiger partial charge >= 0.3 is 0 Å². The molecule has 0 aliphatic rings. The maximum atomic E-state index is 11.9. The molecule has 32 heavy (non-hydrogen) atoms. The van der Waals surface area contributed by atoms with Crippen molar-refractivity contribution in [3.8, 4) is 0 Å². The van der Waals surface area contributed by atoms with Crippen LogP contribution in [0.2, 0.25) is 0 Å². The van der Waals surface area contributed by atoms with Crippen molar-refractivity contribution in [2.75, 3.05) is 19.3 Å². The third-order valence-electron chi connectivity index (χ3n) is 5.28. The third-order valence-corrected chi connectivity index (χ3v) is 6.54. The van der Waals surface area contributed by atoms with Crippen molar-refractivity contribution in [2.24, 2.45) is 4.99 Å². The van der Waals surface area contributed by atoms with E-state index in [2.05, 4.69) is 59.2 Å². The number of aliphatic imine (C=N–C) groups is 1. The first kappa shape index (κ1) is 23.5. The highest BCUT2D eigenvalue weighted by Crippen LogP contribution is 2.23. The summed E-state index contributed by atoms with van der Waals surface area (Å²) >= 11 is 0. The lowest BCUT2D eigenvalue weighted by atomic mass is 9.91. The maximum absolute atomic E-state index is 11.9. The lowest BCUT2D eigenvalue weighted by molar-refractivity contribution is 0.601. The molecule has 0 aliphatic heterocycles. The molecule has 0 aromatic heterocycles. The van der Waals surface area contributed by atoms with Gasteiger partial charge in [0.2, 0.25) is 0 Å². The topological polar surface area (TPSA) is 70.6 Å². The quantitative estimate of drug-likeness (QED) is 0.398. The molecule has 0 fully saturated rings. The lowest BCUT2D eigenvalue weighted by Crippen LogP contribution is -2.39. The second-order valence-electron chi connectivity index (χ2n) is 7.82. The summed E-state index contributed by atoms with van der Waals surface area (Å²) < 4.78 is 23.7. The van der Waals surface area contributed by atoms with Crippen LogP contribution in [0, 0.1) is 6.92 Å². The predicted molar refractivity (Wildman–Crippen MR) is 132 cm³/mol. The summed E-state index contributed by atoms with van der Waals surface area (Å²) in [5.74, 6) is 0.923. The number of nitrogens with one attached hydrogen (secondary N) is 2. The number of hydrogen-bond acceptors (Lipinski definition) is 3.